The van der Waals surface area contributed by atoms with Gasteiger partial charge < -0.3 is 15.0 Å². The molecule has 3 aliphatic rings. The molecule has 1 aliphatic carbocycles. The second kappa shape index (κ2) is 9.15. The minimum absolute atomic E-state index is 0.129. The zero-order chi connectivity index (χ0) is 21.1. The third-order valence-electron chi connectivity index (χ3n) is 6.53. The Labute approximate surface area is 182 Å². The maximum Gasteiger partial charge on any atom is 0.231 e. The van der Waals surface area contributed by atoms with Gasteiger partial charge in [0, 0.05) is 19.7 Å². The van der Waals surface area contributed by atoms with Gasteiger partial charge >= 0.3 is 0 Å². The van der Waals surface area contributed by atoms with Gasteiger partial charge in [-0.15, -0.1) is 10.2 Å². The van der Waals surface area contributed by atoms with E-state index in [0.29, 0.717) is 0 Å². The van der Waals surface area contributed by atoms with Gasteiger partial charge in [0.15, 0.2) is 5.16 Å². The summed E-state index contributed by atoms with van der Waals surface area (Å²) in [5, 5.41) is 22.1. The minimum atomic E-state index is -0.765. The molecule has 0 bridgehead atoms. The van der Waals surface area contributed by atoms with Gasteiger partial charge in [-0.3, -0.25) is 9.36 Å². The van der Waals surface area contributed by atoms with Gasteiger partial charge in [0.25, 0.3) is 0 Å². The number of aromatic nitrogens is 3. The molecule has 1 saturated carbocycles. The Morgan fingerprint density at radius 2 is 2.07 bits per heavy atom. The zero-order valence-corrected chi connectivity index (χ0v) is 18.8. The fourth-order valence-corrected chi connectivity index (χ4v) is 5.06. The van der Waals surface area contributed by atoms with E-state index in [1.54, 1.807) is 0 Å². The highest BCUT2D eigenvalue weighted by Crippen LogP contribution is 2.39. The van der Waals surface area contributed by atoms with Crippen molar-refractivity contribution in [2.45, 2.75) is 75.7 Å². The zero-order valence-electron chi connectivity index (χ0n) is 18.0. The number of amides is 1. The number of anilines is 1. The first-order valence-corrected chi connectivity index (χ1v) is 12.1. The minimum Gasteiger partial charge on any atom is -0.376 e. The summed E-state index contributed by atoms with van der Waals surface area (Å²) in [6, 6.07) is 2.28. The highest BCUT2D eigenvalue weighted by atomic mass is 32.2. The maximum absolute atomic E-state index is 12.5. The number of nitrogens with zero attached hydrogens (tertiary/aromatic N) is 5. The van der Waals surface area contributed by atoms with E-state index in [1.165, 1.54) is 11.8 Å². The van der Waals surface area contributed by atoms with Gasteiger partial charge in [0.1, 0.15) is 5.54 Å². The van der Waals surface area contributed by atoms with Crippen molar-refractivity contribution in [3.05, 3.63) is 0 Å². The highest BCUT2D eigenvalue weighted by molar-refractivity contribution is 7.99. The highest BCUT2D eigenvalue weighted by Gasteiger charge is 2.43. The van der Waals surface area contributed by atoms with Crippen LogP contribution < -0.4 is 10.2 Å². The van der Waals surface area contributed by atoms with E-state index >= 15 is 0 Å². The summed E-state index contributed by atoms with van der Waals surface area (Å²) in [6.07, 6.45) is 6.63. The number of nitrogens with one attached hydrogen (secondary N) is 1. The molecular weight excluding hydrogens is 400 g/mol. The molecule has 1 amide bonds. The Balaban J connectivity index is 1.43. The SMILES string of the molecule is CC1CCN(c2nnc(SCC(=O)N[C@](C)(C#N)C3CC3)n2C[C@@H]2CCCO2)CC1. The number of piperidine rings is 1. The Bertz CT molecular complexity index is 790. The molecule has 9 heteroatoms. The lowest BCUT2D eigenvalue weighted by molar-refractivity contribution is -0.119. The standard InChI is InChI=1S/C21H32N6O2S/c1-15-7-9-26(10-8-15)19-24-25-20(27(19)12-17-4-3-11-29-17)30-13-18(28)23-21(2,14-22)16-5-6-16/h15-17H,3-13H2,1-2H3,(H,23,28)/t17-,21+/m0/s1. The van der Waals surface area contributed by atoms with Crippen LogP contribution in [0.4, 0.5) is 5.95 Å². The van der Waals surface area contributed by atoms with Crippen LogP contribution in [0.25, 0.3) is 0 Å². The fraction of sp³-hybridized carbons (Fsp3) is 0.810. The molecule has 4 rings (SSSR count). The number of carbonyl (C=O) groups excluding carboxylic acids is 1. The molecule has 1 aromatic heterocycles. The lowest BCUT2D eigenvalue weighted by Gasteiger charge is -2.31. The van der Waals surface area contributed by atoms with Gasteiger partial charge in [0.05, 0.1) is 24.5 Å². The third-order valence-corrected chi connectivity index (χ3v) is 7.50. The van der Waals surface area contributed by atoms with Crippen LogP contribution in [0.15, 0.2) is 5.16 Å². The molecule has 2 saturated heterocycles. The van der Waals surface area contributed by atoms with Crippen molar-refractivity contribution in [3.63, 3.8) is 0 Å². The van der Waals surface area contributed by atoms with Crippen molar-refractivity contribution in [3.8, 4) is 6.07 Å². The number of thioether (sulfide) groups is 1. The van der Waals surface area contributed by atoms with Crippen molar-refractivity contribution in [2.24, 2.45) is 11.8 Å². The van der Waals surface area contributed by atoms with Gasteiger partial charge in [-0.1, -0.05) is 18.7 Å². The summed E-state index contributed by atoms with van der Waals surface area (Å²) in [6.45, 7) is 7.61. The van der Waals surface area contributed by atoms with Crippen molar-refractivity contribution >= 4 is 23.6 Å². The van der Waals surface area contributed by atoms with Crippen LogP contribution in [-0.4, -0.2) is 57.8 Å². The quantitative estimate of drug-likeness (QED) is 0.631. The topological polar surface area (TPSA) is 96.1 Å². The van der Waals surface area contributed by atoms with E-state index in [4.69, 9.17) is 4.74 Å². The first-order valence-electron chi connectivity index (χ1n) is 11.1. The van der Waals surface area contributed by atoms with Crippen molar-refractivity contribution in [2.75, 3.05) is 30.3 Å². The summed E-state index contributed by atoms with van der Waals surface area (Å²) >= 11 is 1.39. The van der Waals surface area contributed by atoms with E-state index in [1.807, 2.05) is 6.92 Å². The van der Waals surface area contributed by atoms with Crippen molar-refractivity contribution in [1.82, 2.24) is 20.1 Å². The lowest BCUT2D eigenvalue weighted by Crippen LogP contribution is -2.47. The number of ether oxygens (including phenoxy) is 1. The summed E-state index contributed by atoms with van der Waals surface area (Å²) in [5.41, 5.74) is -0.765. The van der Waals surface area contributed by atoms with Crippen LogP contribution in [0.2, 0.25) is 0 Å². The molecule has 0 radical (unpaired) electrons. The Hall–Kier alpha value is -1.79. The molecule has 164 valence electrons. The van der Waals surface area contributed by atoms with E-state index < -0.39 is 5.54 Å². The van der Waals surface area contributed by atoms with Crippen LogP contribution >= 0.6 is 11.8 Å². The van der Waals surface area contributed by atoms with E-state index in [9.17, 15) is 10.1 Å². The predicted octanol–water partition coefficient (Wildman–Crippen LogP) is 2.59. The largest absolute Gasteiger partial charge is 0.376 e. The van der Waals surface area contributed by atoms with E-state index in [2.05, 4.69) is 38.0 Å². The average Bonchev–Trinajstić information content (AvgIpc) is 3.35. The van der Waals surface area contributed by atoms with E-state index in [0.717, 1.165) is 81.8 Å². The summed E-state index contributed by atoms with van der Waals surface area (Å²) in [4.78, 5) is 14.9. The number of carbonyl (C=O) groups is 1. The van der Waals surface area contributed by atoms with Crippen LogP contribution in [0.1, 0.15) is 52.4 Å². The molecule has 30 heavy (non-hydrogen) atoms. The number of nitriles is 1. The second-order valence-electron chi connectivity index (χ2n) is 9.12. The molecule has 8 nitrogen and oxygen atoms in total. The van der Waals surface area contributed by atoms with Gasteiger partial charge in [0.2, 0.25) is 11.9 Å². The predicted molar refractivity (Wildman–Crippen MR) is 115 cm³/mol. The third kappa shape index (κ3) is 4.92. The summed E-state index contributed by atoms with van der Waals surface area (Å²) in [5.74, 6) is 2.00. The lowest BCUT2D eigenvalue weighted by atomic mass is 9.98. The Morgan fingerprint density at radius 1 is 1.30 bits per heavy atom. The van der Waals surface area contributed by atoms with Crippen LogP contribution in [0.5, 0.6) is 0 Å². The molecule has 1 aromatic rings. The van der Waals surface area contributed by atoms with E-state index in [-0.39, 0.29) is 23.7 Å². The number of hydrogen-bond donors (Lipinski definition) is 1. The molecule has 0 unspecified atom stereocenters. The molecule has 2 atom stereocenters. The normalized spacial score (nSPS) is 24.4. The summed E-state index contributed by atoms with van der Waals surface area (Å²) in [7, 11) is 0. The number of hydrogen-bond acceptors (Lipinski definition) is 7. The van der Waals surface area contributed by atoms with Gasteiger partial charge in [-0.05, 0) is 57.3 Å². The Morgan fingerprint density at radius 3 is 2.70 bits per heavy atom. The van der Waals surface area contributed by atoms with Gasteiger partial charge in [-0.2, -0.15) is 5.26 Å². The van der Waals surface area contributed by atoms with Crippen LogP contribution in [0.3, 0.4) is 0 Å². The monoisotopic (exact) mass is 432 g/mol. The van der Waals surface area contributed by atoms with Crippen molar-refractivity contribution in [1.29, 1.82) is 5.26 Å². The van der Waals surface area contributed by atoms with Crippen LogP contribution in [0, 0.1) is 23.2 Å². The second-order valence-corrected chi connectivity index (χ2v) is 10.1. The van der Waals surface area contributed by atoms with Crippen molar-refractivity contribution < 1.29 is 9.53 Å². The fourth-order valence-electron chi connectivity index (χ4n) is 4.32. The Kier molecular flexibility index (Phi) is 6.54. The maximum atomic E-state index is 12.5. The smallest absolute Gasteiger partial charge is 0.231 e. The molecule has 3 fully saturated rings. The summed E-state index contributed by atoms with van der Waals surface area (Å²) < 4.78 is 7.99. The molecule has 0 spiro atoms. The molecule has 1 N–H and O–H groups in total. The van der Waals surface area contributed by atoms with Gasteiger partial charge in [-0.25, -0.2) is 0 Å². The first-order chi connectivity index (χ1) is 14.5. The molecule has 3 heterocycles. The average molecular weight is 433 g/mol. The first kappa shape index (κ1) is 21.4. The van der Waals surface area contributed by atoms with Crippen LogP contribution in [-0.2, 0) is 16.1 Å². The molecule has 2 aliphatic heterocycles. The molecule has 0 aromatic carbocycles. The molecular formula is C21H32N6O2S. The number of rotatable bonds is 8.